The van der Waals surface area contributed by atoms with Crippen molar-refractivity contribution >= 4 is 23.4 Å². The van der Waals surface area contributed by atoms with E-state index >= 15 is 0 Å². The molecule has 4 heteroatoms. The highest BCUT2D eigenvalue weighted by atomic mass is 35.5. The summed E-state index contributed by atoms with van der Waals surface area (Å²) >= 11 is 6.45. The number of allylic oxidation sites excluding steroid dienone is 1. The first-order valence-electron chi connectivity index (χ1n) is 9.87. The summed E-state index contributed by atoms with van der Waals surface area (Å²) in [5, 5.41) is 0.546. The topological polar surface area (TPSA) is 43.4 Å². The lowest BCUT2D eigenvalue weighted by molar-refractivity contribution is -0.157. The van der Waals surface area contributed by atoms with Gasteiger partial charge < -0.3 is 4.74 Å². The van der Waals surface area contributed by atoms with Gasteiger partial charge in [-0.2, -0.15) is 0 Å². The molecular formula is C21H29ClO3. The molecule has 0 saturated heterocycles. The SMILES string of the molecule is CC(=O)O[C@H]1CC[C@H]2[C@@H]3CCC4=C(Cl)C(=O)CC[C@]4(C)[C@@H]3CC[C@]12C. The van der Waals surface area contributed by atoms with Crippen molar-refractivity contribution in [2.45, 2.75) is 78.2 Å². The van der Waals surface area contributed by atoms with Gasteiger partial charge in [-0.15, -0.1) is 0 Å². The standard InChI is InChI=1S/C21H29ClO3/c1-12(23)25-18-7-6-14-13-4-5-16-19(22)17(24)9-11-20(16,2)15(13)8-10-21(14,18)3/h13-15,18H,4-11H2,1-3H3/t13-,14-,15+,18-,20+,21-/m0/s1. The molecule has 138 valence electrons. The highest BCUT2D eigenvalue weighted by Crippen LogP contribution is 2.66. The Bertz CT molecular complexity index is 654. The molecule has 0 bridgehead atoms. The lowest BCUT2D eigenvalue weighted by atomic mass is 9.47. The third kappa shape index (κ3) is 2.44. The van der Waals surface area contributed by atoms with Gasteiger partial charge in [0.2, 0.25) is 0 Å². The maximum atomic E-state index is 12.1. The normalized spacial score (nSPS) is 46.3. The van der Waals surface area contributed by atoms with Gasteiger partial charge in [0.05, 0.1) is 5.03 Å². The lowest BCUT2D eigenvalue weighted by Crippen LogP contribution is -2.52. The number of Topliss-reactive ketones (excluding diaryl/α,β-unsaturated/α-hetero) is 1. The second-order valence-corrected chi connectivity index (χ2v) is 9.65. The fourth-order valence-corrected chi connectivity index (χ4v) is 7.40. The summed E-state index contributed by atoms with van der Waals surface area (Å²) < 4.78 is 5.71. The Morgan fingerprint density at radius 2 is 1.84 bits per heavy atom. The number of rotatable bonds is 1. The van der Waals surface area contributed by atoms with Gasteiger partial charge in [-0.3, -0.25) is 9.59 Å². The molecule has 0 aromatic carbocycles. The fraction of sp³-hybridized carbons (Fsp3) is 0.810. The van der Waals surface area contributed by atoms with E-state index in [4.69, 9.17) is 16.3 Å². The van der Waals surface area contributed by atoms with Gasteiger partial charge in [0.25, 0.3) is 0 Å². The number of hydrogen-bond donors (Lipinski definition) is 0. The van der Waals surface area contributed by atoms with Gasteiger partial charge in [0.15, 0.2) is 5.78 Å². The van der Waals surface area contributed by atoms with Crippen LogP contribution in [0.1, 0.15) is 72.1 Å². The molecule has 0 aromatic heterocycles. The van der Waals surface area contributed by atoms with Crippen LogP contribution in [0.25, 0.3) is 0 Å². The first kappa shape index (κ1) is 17.6. The Morgan fingerprint density at radius 1 is 1.08 bits per heavy atom. The van der Waals surface area contributed by atoms with Gasteiger partial charge in [-0.1, -0.05) is 25.4 Å². The van der Waals surface area contributed by atoms with E-state index in [1.807, 2.05) is 0 Å². The quantitative estimate of drug-likeness (QED) is 0.614. The summed E-state index contributed by atoms with van der Waals surface area (Å²) in [5.41, 5.74) is 1.46. The molecule has 0 aromatic rings. The van der Waals surface area contributed by atoms with Crippen LogP contribution in [0.15, 0.2) is 10.6 Å². The number of carbonyl (C=O) groups excluding carboxylic acids is 2. The molecule has 0 radical (unpaired) electrons. The number of fused-ring (bicyclic) bond motifs is 5. The first-order valence-corrected chi connectivity index (χ1v) is 10.2. The summed E-state index contributed by atoms with van der Waals surface area (Å²) in [6.07, 6.45) is 8.17. The van der Waals surface area contributed by atoms with Crippen molar-refractivity contribution in [1.29, 1.82) is 0 Å². The highest BCUT2D eigenvalue weighted by molar-refractivity contribution is 6.43. The molecule has 4 aliphatic rings. The van der Waals surface area contributed by atoms with Crippen LogP contribution in [0.5, 0.6) is 0 Å². The minimum atomic E-state index is -0.146. The Balaban J connectivity index is 1.65. The van der Waals surface area contributed by atoms with Gasteiger partial charge in [0, 0.05) is 18.8 Å². The van der Waals surface area contributed by atoms with Crippen molar-refractivity contribution < 1.29 is 14.3 Å². The number of ketones is 1. The fourth-order valence-electron chi connectivity index (χ4n) is 7.00. The van der Waals surface area contributed by atoms with Crippen molar-refractivity contribution in [3.63, 3.8) is 0 Å². The maximum absolute atomic E-state index is 12.1. The third-order valence-corrected chi connectivity index (χ3v) is 8.71. The van der Waals surface area contributed by atoms with E-state index in [9.17, 15) is 9.59 Å². The largest absolute Gasteiger partial charge is 0.462 e. The molecule has 3 nitrogen and oxygen atoms in total. The smallest absolute Gasteiger partial charge is 0.302 e. The Labute approximate surface area is 155 Å². The molecule has 0 heterocycles. The zero-order valence-corrected chi connectivity index (χ0v) is 16.3. The van der Waals surface area contributed by atoms with Crippen LogP contribution in [0, 0.1) is 28.6 Å². The summed E-state index contributed by atoms with van der Waals surface area (Å²) in [6, 6.07) is 0. The number of carbonyl (C=O) groups is 2. The van der Waals surface area contributed by atoms with E-state index in [1.165, 1.54) is 12.5 Å². The molecule has 0 amide bonds. The molecule has 4 aliphatic carbocycles. The highest BCUT2D eigenvalue weighted by Gasteiger charge is 2.60. The van der Waals surface area contributed by atoms with Gasteiger partial charge in [-0.05, 0) is 73.7 Å². The van der Waals surface area contributed by atoms with E-state index < -0.39 is 0 Å². The van der Waals surface area contributed by atoms with Crippen LogP contribution in [-0.2, 0) is 14.3 Å². The van der Waals surface area contributed by atoms with Crippen molar-refractivity contribution in [2.75, 3.05) is 0 Å². The minimum Gasteiger partial charge on any atom is -0.462 e. The summed E-state index contributed by atoms with van der Waals surface area (Å²) in [7, 11) is 0. The molecule has 6 atom stereocenters. The monoisotopic (exact) mass is 364 g/mol. The van der Waals surface area contributed by atoms with Crippen LogP contribution in [0.4, 0.5) is 0 Å². The van der Waals surface area contributed by atoms with Crippen molar-refractivity contribution in [1.82, 2.24) is 0 Å². The molecule has 4 rings (SSSR count). The van der Waals surface area contributed by atoms with Crippen molar-refractivity contribution in [3.8, 4) is 0 Å². The second-order valence-electron chi connectivity index (χ2n) is 9.27. The van der Waals surface area contributed by atoms with E-state index in [0.717, 1.165) is 44.9 Å². The van der Waals surface area contributed by atoms with Crippen LogP contribution < -0.4 is 0 Å². The molecular weight excluding hydrogens is 336 g/mol. The van der Waals surface area contributed by atoms with E-state index in [-0.39, 0.29) is 28.7 Å². The molecule has 0 N–H and O–H groups in total. The van der Waals surface area contributed by atoms with E-state index in [1.54, 1.807) is 0 Å². The Kier molecular flexibility index (Phi) is 4.10. The Morgan fingerprint density at radius 3 is 2.56 bits per heavy atom. The average Bonchev–Trinajstić information content (AvgIpc) is 2.88. The minimum absolute atomic E-state index is 0.0808. The lowest BCUT2D eigenvalue weighted by Gasteiger charge is -2.58. The maximum Gasteiger partial charge on any atom is 0.302 e. The van der Waals surface area contributed by atoms with Gasteiger partial charge in [0.1, 0.15) is 6.10 Å². The predicted octanol–water partition coefficient (Wildman–Crippen LogP) is 5.02. The molecule has 25 heavy (non-hydrogen) atoms. The zero-order valence-electron chi connectivity index (χ0n) is 15.6. The average molecular weight is 365 g/mol. The second kappa shape index (κ2) is 5.84. The molecule has 0 spiro atoms. The van der Waals surface area contributed by atoms with Crippen LogP contribution in [0.3, 0.4) is 0 Å². The van der Waals surface area contributed by atoms with Gasteiger partial charge in [-0.25, -0.2) is 0 Å². The third-order valence-electron chi connectivity index (χ3n) is 8.27. The summed E-state index contributed by atoms with van der Waals surface area (Å²) in [6.45, 7) is 6.23. The number of esters is 1. The van der Waals surface area contributed by atoms with Crippen LogP contribution in [-0.4, -0.2) is 17.9 Å². The first-order chi connectivity index (χ1) is 11.8. The Hall–Kier alpha value is -0.830. The van der Waals surface area contributed by atoms with E-state index in [0.29, 0.717) is 29.2 Å². The van der Waals surface area contributed by atoms with Crippen molar-refractivity contribution in [3.05, 3.63) is 10.6 Å². The summed E-state index contributed by atoms with van der Waals surface area (Å²) in [4.78, 5) is 23.6. The van der Waals surface area contributed by atoms with E-state index in [2.05, 4.69) is 13.8 Å². The molecule has 0 aliphatic heterocycles. The number of halogens is 1. The van der Waals surface area contributed by atoms with Gasteiger partial charge >= 0.3 is 5.97 Å². The predicted molar refractivity (Wildman–Crippen MR) is 97.1 cm³/mol. The van der Waals surface area contributed by atoms with Crippen LogP contribution >= 0.6 is 11.6 Å². The molecule has 3 saturated carbocycles. The number of hydrogen-bond acceptors (Lipinski definition) is 3. The van der Waals surface area contributed by atoms with Crippen molar-refractivity contribution in [2.24, 2.45) is 28.6 Å². The van der Waals surface area contributed by atoms with Crippen LogP contribution in [0.2, 0.25) is 0 Å². The number of ether oxygens (including phenoxy) is 1. The molecule has 0 unspecified atom stereocenters. The zero-order chi connectivity index (χ0) is 18.0. The summed E-state index contributed by atoms with van der Waals surface area (Å²) in [5.74, 6) is 1.92. The molecule has 3 fully saturated rings.